The van der Waals surface area contributed by atoms with Crippen molar-refractivity contribution in [3.63, 3.8) is 0 Å². The molecular formula is C6H4O2. The molecule has 1 aromatic carbocycles. The van der Waals surface area contributed by atoms with Gasteiger partial charge in [-0.3, -0.25) is 0 Å². The minimum atomic E-state index is -0.257. The van der Waals surface area contributed by atoms with E-state index in [-0.39, 0.29) is 11.5 Å². The molecule has 0 saturated carbocycles. The molecule has 0 atom stereocenters. The number of phenolic OH excluding ortho intramolecular Hbond substituents is 2. The van der Waals surface area contributed by atoms with Gasteiger partial charge >= 0.3 is 0 Å². The van der Waals surface area contributed by atoms with Crippen molar-refractivity contribution in [3.05, 3.63) is 24.3 Å². The summed E-state index contributed by atoms with van der Waals surface area (Å²) in [6.07, 6.45) is 0. The molecule has 0 fully saturated rings. The molecule has 0 unspecified atom stereocenters. The van der Waals surface area contributed by atoms with Gasteiger partial charge in [-0.15, -0.1) is 0 Å². The van der Waals surface area contributed by atoms with E-state index in [2.05, 4.69) is 12.1 Å². The van der Waals surface area contributed by atoms with Crippen LogP contribution in [0, 0.1) is 12.1 Å². The van der Waals surface area contributed by atoms with Crippen LogP contribution in [0.25, 0.3) is 0 Å². The summed E-state index contributed by atoms with van der Waals surface area (Å²) in [5.41, 5.74) is 0. The molecule has 2 nitrogen and oxygen atoms in total. The topological polar surface area (TPSA) is 40.5 Å². The van der Waals surface area contributed by atoms with Crippen LogP contribution in [0.4, 0.5) is 0 Å². The molecule has 40 valence electrons. The quantitative estimate of drug-likeness (QED) is 0.480. The summed E-state index contributed by atoms with van der Waals surface area (Å²) in [7, 11) is 0. The first-order chi connectivity index (χ1) is 3.80. The van der Waals surface area contributed by atoms with Crippen LogP contribution in [0.5, 0.6) is 11.5 Å². The van der Waals surface area contributed by atoms with E-state index < -0.39 is 0 Å². The minimum absolute atomic E-state index is 0.257. The summed E-state index contributed by atoms with van der Waals surface area (Å²) in [5, 5.41) is 17.2. The van der Waals surface area contributed by atoms with Crippen LogP contribution in [-0.4, -0.2) is 10.2 Å². The van der Waals surface area contributed by atoms with Crippen molar-refractivity contribution in [2.45, 2.75) is 0 Å². The van der Waals surface area contributed by atoms with Crippen molar-refractivity contribution >= 4 is 0 Å². The Balaban J connectivity index is 3.13. The number of rotatable bonds is 0. The summed E-state index contributed by atoms with van der Waals surface area (Å²) in [5.74, 6) is -0.514. The second kappa shape index (κ2) is 1.74. The maximum absolute atomic E-state index is 8.58. The van der Waals surface area contributed by atoms with E-state index in [0.29, 0.717) is 0 Å². The van der Waals surface area contributed by atoms with Gasteiger partial charge in [-0.05, 0) is 12.1 Å². The van der Waals surface area contributed by atoms with E-state index in [1.54, 1.807) is 0 Å². The van der Waals surface area contributed by atoms with Gasteiger partial charge in [0.15, 0.2) is 11.5 Å². The van der Waals surface area contributed by atoms with Crippen molar-refractivity contribution < 1.29 is 10.2 Å². The third kappa shape index (κ3) is 0.729. The predicted octanol–water partition coefficient (Wildman–Crippen LogP) is 0.698. The fourth-order valence-electron chi connectivity index (χ4n) is 0.378. The fourth-order valence-corrected chi connectivity index (χ4v) is 0.378. The normalized spacial score (nSPS) is 9.00. The molecule has 0 saturated heterocycles. The van der Waals surface area contributed by atoms with Crippen molar-refractivity contribution in [1.82, 2.24) is 0 Å². The zero-order valence-corrected chi connectivity index (χ0v) is 4.05. The van der Waals surface area contributed by atoms with Crippen LogP contribution < -0.4 is 0 Å². The van der Waals surface area contributed by atoms with Gasteiger partial charge in [0.05, 0.1) is 0 Å². The lowest BCUT2D eigenvalue weighted by molar-refractivity contribution is 0.402. The molecule has 2 radical (unpaired) electrons. The molecule has 8 heavy (non-hydrogen) atoms. The fraction of sp³-hybridized carbons (Fsp3) is 0. The zero-order chi connectivity index (χ0) is 5.98. The Bertz CT molecular complexity index is 163. The highest BCUT2D eigenvalue weighted by Gasteiger charge is 1.91. The Labute approximate surface area is 47.0 Å². The van der Waals surface area contributed by atoms with Crippen LogP contribution in [0.1, 0.15) is 0 Å². The van der Waals surface area contributed by atoms with Gasteiger partial charge in [0.2, 0.25) is 0 Å². The van der Waals surface area contributed by atoms with Crippen molar-refractivity contribution in [1.29, 1.82) is 0 Å². The van der Waals surface area contributed by atoms with Gasteiger partial charge < -0.3 is 10.2 Å². The summed E-state index contributed by atoms with van der Waals surface area (Å²) in [4.78, 5) is 0. The molecule has 0 heterocycles. The Morgan fingerprint density at radius 1 is 1.00 bits per heavy atom. The molecule has 0 aliphatic carbocycles. The first-order valence-electron chi connectivity index (χ1n) is 2.11. The summed E-state index contributed by atoms with van der Waals surface area (Å²) in [6.45, 7) is 0. The van der Waals surface area contributed by atoms with Crippen LogP contribution in [-0.2, 0) is 0 Å². The monoisotopic (exact) mass is 108 g/mol. The number of hydrogen-bond acceptors (Lipinski definition) is 2. The predicted molar refractivity (Wildman–Crippen MR) is 27.4 cm³/mol. The van der Waals surface area contributed by atoms with Gasteiger partial charge in [-0.2, -0.15) is 0 Å². The number of aromatic hydroxyl groups is 2. The van der Waals surface area contributed by atoms with E-state index >= 15 is 0 Å². The minimum Gasteiger partial charge on any atom is -0.504 e. The van der Waals surface area contributed by atoms with Crippen molar-refractivity contribution in [2.24, 2.45) is 0 Å². The van der Waals surface area contributed by atoms with Crippen molar-refractivity contribution in [2.75, 3.05) is 0 Å². The SMILES string of the molecule is Oc1[c]cc[c]c1O. The Morgan fingerprint density at radius 2 is 1.38 bits per heavy atom. The molecule has 0 bridgehead atoms. The zero-order valence-electron chi connectivity index (χ0n) is 4.05. The van der Waals surface area contributed by atoms with Crippen molar-refractivity contribution in [3.8, 4) is 11.5 Å². The van der Waals surface area contributed by atoms with Crippen LogP contribution >= 0.6 is 0 Å². The summed E-state index contributed by atoms with van der Waals surface area (Å²) < 4.78 is 0. The standard InChI is InChI=1S/C6H4O2/c7-5-3-1-2-4-6(5)8/h1-2,7-8H. The van der Waals surface area contributed by atoms with Gasteiger partial charge in [0.25, 0.3) is 0 Å². The van der Waals surface area contributed by atoms with Gasteiger partial charge in [-0.25, -0.2) is 0 Å². The van der Waals surface area contributed by atoms with E-state index in [1.165, 1.54) is 12.1 Å². The second-order valence-electron chi connectivity index (χ2n) is 1.32. The number of hydrogen-bond donors (Lipinski definition) is 2. The van der Waals surface area contributed by atoms with Gasteiger partial charge in [0, 0.05) is 12.1 Å². The molecule has 2 N–H and O–H groups in total. The van der Waals surface area contributed by atoms with E-state index in [0.717, 1.165) is 0 Å². The largest absolute Gasteiger partial charge is 0.504 e. The molecule has 0 aromatic heterocycles. The Kier molecular flexibility index (Phi) is 1.08. The second-order valence-corrected chi connectivity index (χ2v) is 1.32. The highest BCUT2D eigenvalue weighted by Crippen LogP contribution is 2.19. The molecule has 1 aromatic rings. The van der Waals surface area contributed by atoms with Crippen LogP contribution in [0.3, 0.4) is 0 Å². The molecule has 1 rings (SSSR count). The molecule has 2 heteroatoms. The van der Waals surface area contributed by atoms with Crippen LogP contribution in [0.15, 0.2) is 12.1 Å². The molecule has 0 aliphatic heterocycles. The Hall–Kier alpha value is -1.18. The van der Waals surface area contributed by atoms with E-state index in [9.17, 15) is 0 Å². The number of benzene rings is 1. The Morgan fingerprint density at radius 3 is 1.62 bits per heavy atom. The lowest BCUT2D eigenvalue weighted by Gasteiger charge is -1.89. The molecule has 0 aliphatic rings. The van der Waals surface area contributed by atoms with Gasteiger partial charge in [0.1, 0.15) is 0 Å². The number of phenols is 2. The smallest absolute Gasteiger partial charge is 0.166 e. The first kappa shape index (κ1) is 4.97. The lowest BCUT2D eigenvalue weighted by atomic mass is 10.3. The van der Waals surface area contributed by atoms with E-state index in [4.69, 9.17) is 10.2 Å². The van der Waals surface area contributed by atoms with Crippen LogP contribution in [0.2, 0.25) is 0 Å². The average molecular weight is 108 g/mol. The highest BCUT2D eigenvalue weighted by molar-refractivity contribution is 5.33. The van der Waals surface area contributed by atoms with E-state index in [1.807, 2.05) is 0 Å². The molecular weight excluding hydrogens is 104 g/mol. The third-order valence-corrected chi connectivity index (χ3v) is 0.748. The first-order valence-corrected chi connectivity index (χ1v) is 2.11. The molecule has 0 amide bonds. The molecule has 0 spiro atoms. The third-order valence-electron chi connectivity index (χ3n) is 0.748. The maximum atomic E-state index is 8.58. The summed E-state index contributed by atoms with van der Waals surface area (Å²) in [6, 6.07) is 7.68. The highest BCUT2D eigenvalue weighted by atomic mass is 16.3. The summed E-state index contributed by atoms with van der Waals surface area (Å²) >= 11 is 0. The maximum Gasteiger partial charge on any atom is 0.166 e. The average Bonchev–Trinajstić information content (AvgIpc) is 1.77. The lowest BCUT2D eigenvalue weighted by Crippen LogP contribution is -1.64. The van der Waals surface area contributed by atoms with Gasteiger partial charge in [-0.1, -0.05) is 0 Å².